The van der Waals surface area contributed by atoms with Gasteiger partial charge in [0.1, 0.15) is 23.0 Å². The minimum absolute atomic E-state index is 0.0534. The number of nitrogens with zero attached hydrogens (tertiary/aromatic N) is 1. The van der Waals surface area contributed by atoms with Gasteiger partial charge in [-0.2, -0.15) is 0 Å². The van der Waals surface area contributed by atoms with Crippen LogP contribution in [0.15, 0.2) is 95.1 Å². The number of amides is 2. The van der Waals surface area contributed by atoms with Gasteiger partial charge in [-0.1, -0.05) is 35.9 Å². The molecule has 0 bridgehead atoms. The highest BCUT2D eigenvalue weighted by atomic mass is 16.5. The van der Waals surface area contributed by atoms with Crippen molar-refractivity contribution in [3.8, 4) is 23.0 Å². The SMILES string of the molecule is COc1ccc(OC)c(C=Cc2ccc(N3C(=O)C4CC=C5C(c6cc(OC)ccc6O)C6=C(CC5C4C3=O)C(=O)C(C)=CC6=O)cc2)c1. The summed E-state index contributed by atoms with van der Waals surface area (Å²) in [5.41, 5.74) is 4.29. The van der Waals surface area contributed by atoms with E-state index in [1.54, 1.807) is 45.4 Å². The monoisotopic (exact) mass is 657 g/mol. The lowest BCUT2D eigenvalue weighted by Crippen LogP contribution is -2.39. The Bertz CT molecular complexity index is 2050. The molecule has 1 saturated heterocycles. The number of imide groups is 1. The van der Waals surface area contributed by atoms with Crippen molar-refractivity contribution < 1.29 is 38.5 Å². The Labute approximate surface area is 283 Å². The van der Waals surface area contributed by atoms with E-state index in [-0.39, 0.29) is 35.6 Å². The smallest absolute Gasteiger partial charge is 0.238 e. The van der Waals surface area contributed by atoms with Crippen molar-refractivity contribution in [1.29, 1.82) is 0 Å². The number of aromatic hydroxyl groups is 1. The zero-order chi connectivity index (χ0) is 34.6. The second kappa shape index (κ2) is 12.4. The summed E-state index contributed by atoms with van der Waals surface area (Å²) in [6.07, 6.45) is 7.53. The number of carbonyl (C=O) groups is 4. The van der Waals surface area contributed by atoms with Gasteiger partial charge in [-0.25, -0.2) is 0 Å². The van der Waals surface area contributed by atoms with Crippen molar-refractivity contribution in [3.05, 3.63) is 112 Å². The first kappa shape index (κ1) is 31.9. The second-order valence-corrected chi connectivity index (χ2v) is 12.7. The number of ketones is 2. The standard InChI is InChI=1S/C40H35NO8/c1-21-17-33(43)37-31(38(21)44)20-29-27(35(37)30-19-26(48-3)11-15-32(30)42)13-14-28-36(29)40(46)41(39(28)45)24-9-6-22(7-10-24)5-8-23-18-25(47-2)12-16-34(23)49-4/h5-13,15-19,28-29,35-36,42H,14,20H2,1-4H3. The van der Waals surface area contributed by atoms with E-state index in [1.165, 1.54) is 24.2 Å². The van der Waals surface area contributed by atoms with Gasteiger partial charge in [0.15, 0.2) is 11.6 Å². The minimum atomic E-state index is -0.767. The van der Waals surface area contributed by atoms with Gasteiger partial charge >= 0.3 is 0 Å². The Kier molecular flexibility index (Phi) is 8.06. The fourth-order valence-electron chi connectivity index (χ4n) is 7.77. The minimum Gasteiger partial charge on any atom is -0.508 e. The van der Waals surface area contributed by atoms with Gasteiger partial charge in [0, 0.05) is 33.8 Å². The molecule has 0 aromatic heterocycles. The van der Waals surface area contributed by atoms with Crippen LogP contribution >= 0.6 is 0 Å². The molecule has 49 heavy (non-hydrogen) atoms. The van der Waals surface area contributed by atoms with Crippen molar-refractivity contribution in [2.24, 2.45) is 17.8 Å². The normalized spacial score (nSPS) is 23.2. The van der Waals surface area contributed by atoms with E-state index in [1.807, 2.05) is 48.6 Å². The predicted molar refractivity (Wildman–Crippen MR) is 183 cm³/mol. The van der Waals surface area contributed by atoms with E-state index in [4.69, 9.17) is 14.2 Å². The molecule has 1 aliphatic heterocycles. The lowest BCUT2D eigenvalue weighted by Gasteiger charge is -2.42. The molecule has 3 aromatic carbocycles. The summed E-state index contributed by atoms with van der Waals surface area (Å²) in [4.78, 5) is 56.6. The van der Waals surface area contributed by atoms with Crippen LogP contribution in [0.4, 0.5) is 5.69 Å². The van der Waals surface area contributed by atoms with Gasteiger partial charge in [-0.3, -0.25) is 24.1 Å². The van der Waals surface area contributed by atoms with E-state index >= 15 is 0 Å². The maximum Gasteiger partial charge on any atom is 0.238 e. The summed E-state index contributed by atoms with van der Waals surface area (Å²) in [6.45, 7) is 1.61. The van der Waals surface area contributed by atoms with Crippen molar-refractivity contribution in [2.75, 3.05) is 26.2 Å². The molecular formula is C40H35NO8. The number of benzene rings is 3. The van der Waals surface area contributed by atoms with Gasteiger partial charge in [0.25, 0.3) is 0 Å². The third kappa shape index (κ3) is 5.26. The molecule has 7 rings (SSSR count). The molecule has 4 aliphatic rings. The largest absolute Gasteiger partial charge is 0.508 e. The molecular weight excluding hydrogens is 622 g/mol. The van der Waals surface area contributed by atoms with E-state index in [0.29, 0.717) is 51.6 Å². The summed E-state index contributed by atoms with van der Waals surface area (Å²) in [5, 5.41) is 11.1. The van der Waals surface area contributed by atoms with E-state index in [0.717, 1.165) is 16.7 Å². The molecule has 1 N–H and O–H groups in total. The molecule has 0 radical (unpaired) electrons. The molecule has 1 fully saturated rings. The quantitative estimate of drug-likeness (QED) is 0.138. The number of hydrogen-bond donors (Lipinski definition) is 1. The molecule has 2 amide bonds. The summed E-state index contributed by atoms with van der Waals surface area (Å²) in [5.74, 6) is -2.00. The molecule has 9 nitrogen and oxygen atoms in total. The van der Waals surface area contributed by atoms with Crippen molar-refractivity contribution in [3.63, 3.8) is 0 Å². The summed E-state index contributed by atoms with van der Waals surface area (Å²) in [6, 6.07) is 17.5. The Morgan fingerprint density at radius 1 is 0.816 bits per heavy atom. The van der Waals surface area contributed by atoms with Crippen LogP contribution in [-0.4, -0.2) is 49.8 Å². The Hall–Kier alpha value is -5.70. The van der Waals surface area contributed by atoms with Crippen LogP contribution in [0.2, 0.25) is 0 Å². The zero-order valence-electron chi connectivity index (χ0n) is 27.6. The van der Waals surface area contributed by atoms with Gasteiger partial charge in [-0.05, 0) is 85.9 Å². The van der Waals surface area contributed by atoms with Gasteiger partial charge < -0.3 is 19.3 Å². The number of allylic oxidation sites excluding steroid dienone is 6. The van der Waals surface area contributed by atoms with Crippen molar-refractivity contribution in [1.82, 2.24) is 0 Å². The molecule has 248 valence electrons. The van der Waals surface area contributed by atoms with E-state index < -0.39 is 23.7 Å². The zero-order valence-corrected chi connectivity index (χ0v) is 27.6. The van der Waals surface area contributed by atoms with Crippen LogP contribution in [-0.2, 0) is 19.2 Å². The number of phenolic OH excluding ortho intramolecular Hbond substituents is 1. The lowest BCUT2D eigenvalue weighted by molar-refractivity contribution is -0.123. The number of rotatable bonds is 7. The first-order chi connectivity index (χ1) is 23.6. The molecule has 4 unspecified atom stereocenters. The first-order valence-electron chi connectivity index (χ1n) is 16.1. The highest BCUT2D eigenvalue weighted by Crippen LogP contribution is 2.56. The van der Waals surface area contributed by atoms with Gasteiger partial charge in [0.05, 0.1) is 38.9 Å². The summed E-state index contributed by atoms with van der Waals surface area (Å²) < 4.78 is 16.2. The number of anilines is 1. The lowest BCUT2D eigenvalue weighted by atomic mass is 9.59. The third-order valence-corrected chi connectivity index (χ3v) is 10.2. The number of hydrogen-bond acceptors (Lipinski definition) is 8. The molecule has 3 aromatic rings. The highest BCUT2D eigenvalue weighted by molar-refractivity contribution is 6.25. The van der Waals surface area contributed by atoms with Crippen LogP contribution < -0.4 is 19.1 Å². The fourth-order valence-corrected chi connectivity index (χ4v) is 7.77. The fraction of sp³-hybridized carbons (Fsp3) is 0.250. The van der Waals surface area contributed by atoms with E-state index in [9.17, 15) is 24.3 Å². The predicted octanol–water partition coefficient (Wildman–Crippen LogP) is 6.22. The molecule has 0 saturated carbocycles. The third-order valence-electron chi connectivity index (χ3n) is 10.2. The van der Waals surface area contributed by atoms with Crippen LogP contribution in [0, 0.1) is 17.8 Å². The number of Topliss-reactive ketones (excluding diaryl/α,β-unsaturated/α-hetero) is 1. The van der Waals surface area contributed by atoms with Crippen LogP contribution in [0.3, 0.4) is 0 Å². The maximum atomic E-state index is 14.3. The van der Waals surface area contributed by atoms with Crippen LogP contribution in [0.1, 0.15) is 42.4 Å². The number of fused-ring (bicyclic) bond motifs is 3. The Morgan fingerprint density at radius 2 is 1.53 bits per heavy atom. The maximum absolute atomic E-state index is 14.3. The van der Waals surface area contributed by atoms with Crippen molar-refractivity contribution in [2.45, 2.75) is 25.7 Å². The summed E-state index contributed by atoms with van der Waals surface area (Å²) in [7, 11) is 4.71. The molecule has 1 heterocycles. The van der Waals surface area contributed by atoms with Gasteiger partial charge in [0.2, 0.25) is 11.8 Å². The average molecular weight is 658 g/mol. The number of carbonyl (C=O) groups excluding carboxylic acids is 4. The Balaban J connectivity index is 1.22. The molecule has 9 heteroatoms. The van der Waals surface area contributed by atoms with Crippen LogP contribution in [0.25, 0.3) is 12.2 Å². The van der Waals surface area contributed by atoms with Crippen molar-refractivity contribution >= 4 is 41.2 Å². The summed E-state index contributed by atoms with van der Waals surface area (Å²) >= 11 is 0. The molecule has 0 spiro atoms. The average Bonchev–Trinajstić information content (AvgIpc) is 3.38. The number of methoxy groups -OCH3 is 3. The first-order valence-corrected chi connectivity index (χ1v) is 16.1. The Morgan fingerprint density at radius 3 is 2.24 bits per heavy atom. The number of ether oxygens (including phenoxy) is 3. The van der Waals surface area contributed by atoms with Crippen LogP contribution in [0.5, 0.6) is 23.0 Å². The topological polar surface area (TPSA) is 119 Å². The molecule has 4 atom stereocenters. The number of phenols is 1. The molecule has 3 aliphatic carbocycles. The highest BCUT2D eigenvalue weighted by Gasteiger charge is 2.56. The second-order valence-electron chi connectivity index (χ2n) is 12.7. The van der Waals surface area contributed by atoms with E-state index in [2.05, 4.69) is 0 Å². The van der Waals surface area contributed by atoms with Gasteiger partial charge in [-0.15, -0.1) is 0 Å².